The average molecular weight is 524 g/mol. The smallest absolute Gasteiger partial charge is 0.318 e. The lowest BCUT2D eigenvalue weighted by Gasteiger charge is -2.36. The van der Waals surface area contributed by atoms with Crippen LogP contribution in [-0.4, -0.2) is 66.9 Å². The van der Waals surface area contributed by atoms with Crippen LogP contribution in [0.5, 0.6) is 5.75 Å². The summed E-state index contributed by atoms with van der Waals surface area (Å²) in [6.07, 6.45) is 5.91. The topological polar surface area (TPSA) is 108 Å². The maximum atomic E-state index is 14.8. The summed E-state index contributed by atoms with van der Waals surface area (Å²) in [5, 5.41) is 14.0. The second-order valence-corrected chi connectivity index (χ2v) is 13.3. The second kappa shape index (κ2) is 11.2. The molecule has 196 valence electrons. The zero-order valence-electron chi connectivity index (χ0n) is 20.7. The summed E-state index contributed by atoms with van der Waals surface area (Å²) < 4.78 is 34.8. The number of benzene rings is 2. The van der Waals surface area contributed by atoms with Crippen LogP contribution < -0.4 is 15.4 Å². The minimum Gasteiger partial charge on any atom is -0.497 e. The molecule has 1 heterocycles. The van der Waals surface area contributed by atoms with Crippen LogP contribution in [0.2, 0.25) is 0 Å². The van der Waals surface area contributed by atoms with E-state index in [2.05, 4.69) is 10.6 Å². The van der Waals surface area contributed by atoms with Crippen LogP contribution in [0.4, 0.5) is 19.3 Å². The molecule has 2 aromatic rings. The molecule has 0 radical (unpaired) electrons. The van der Waals surface area contributed by atoms with Crippen LogP contribution in [0.15, 0.2) is 35.2 Å². The first kappa shape index (κ1) is 27.3. The van der Waals surface area contributed by atoms with Gasteiger partial charge in [-0.1, -0.05) is 6.07 Å². The van der Waals surface area contributed by atoms with Crippen LogP contribution in [0.1, 0.15) is 30.0 Å². The first-order valence-corrected chi connectivity index (χ1v) is 14.2. The summed E-state index contributed by atoms with van der Waals surface area (Å²) in [5.74, 6) is -2.48. The Kier molecular flexibility index (Phi) is 8.44. The molecule has 3 rings (SSSR count). The number of carbonyl (C=O) groups excluding carboxylic acids is 2. The number of nitrogens with one attached hydrogen (secondary N) is 2. The van der Waals surface area contributed by atoms with Crippen molar-refractivity contribution in [3.63, 3.8) is 0 Å². The van der Waals surface area contributed by atoms with E-state index in [0.717, 1.165) is 17.7 Å². The van der Waals surface area contributed by atoms with Gasteiger partial charge in [0.2, 0.25) is 0 Å². The number of anilines is 1. The van der Waals surface area contributed by atoms with Gasteiger partial charge in [0, 0.05) is 25.2 Å². The molecule has 0 aliphatic carbocycles. The predicted molar refractivity (Wildman–Crippen MR) is 135 cm³/mol. The Morgan fingerprint density at radius 1 is 1.14 bits per heavy atom. The van der Waals surface area contributed by atoms with Crippen LogP contribution >= 0.6 is 10.0 Å². The number of fused-ring (bicyclic) bond motifs is 1. The number of carbonyl (C=O) groups is 3. The van der Waals surface area contributed by atoms with E-state index >= 15 is 0 Å². The van der Waals surface area contributed by atoms with Crippen molar-refractivity contribution in [1.82, 2.24) is 10.2 Å². The Bertz CT molecular complexity index is 1150. The molecular formula is C25H31F2N3O5S. The van der Waals surface area contributed by atoms with E-state index in [0.29, 0.717) is 17.7 Å². The highest BCUT2D eigenvalue weighted by molar-refractivity contribution is 8.32. The number of amides is 3. The van der Waals surface area contributed by atoms with Gasteiger partial charge in [0.1, 0.15) is 23.4 Å². The Morgan fingerprint density at radius 3 is 2.39 bits per heavy atom. The van der Waals surface area contributed by atoms with Crippen molar-refractivity contribution < 1.29 is 33.0 Å². The zero-order valence-corrected chi connectivity index (χ0v) is 21.5. The highest BCUT2D eigenvalue weighted by atomic mass is 32.3. The number of rotatable bonds is 8. The number of hydrogen-bond donors (Lipinski definition) is 3. The van der Waals surface area contributed by atoms with E-state index in [4.69, 9.17) is 9.84 Å². The van der Waals surface area contributed by atoms with Gasteiger partial charge in [-0.2, -0.15) is 0 Å². The minimum absolute atomic E-state index is 0.00188. The summed E-state index contributed by atoms with van der Waals surface area (Å²) in [6.45, 7) is 0.330. The van der Waals surface area contributed by atoms with Crippen LogP contribution in [-0.2, 0) is 16.0 Å². The summed E-state index contributed by atoms with van der Waals surface area (Å²) in [5.41, 5.74) is 1.33. The van der Waals surface area contributed by atoms with E-state index in [-0.39, 0.29) is 36.5 Å². The largest absolute Gasteiger partial charge is 0.497 e. The monoisotopic (exact) mass is 523 g/mol. The van der Waals surface area contributed by atoms with Crippen molar-refractivity contribution in [3.05, 3.63) is 53.1 Å². The number of urea groups is 1. The third-order valence-electron chi connectivity index (χ3n) is 5.81. The first-order chi connectivity index (χ1) is 16.9. The lowest BCUT2D eigenvalue weighted by Crippen LogP contribution is -2.49. The predicted octanol–water partition coefficient (Wildman–Crippen LogP) is 4.14. The molecule has 8 nitrogen and oxygen atoms in total. The number of ether oxygens (including phenoxy) is 1. The molecular weight excluding hydrogens is 492 g/mol. The molecule has 1 aliphatic rings. The number of aliphatic carboxylic acids is 1. The molecule has 36 heavy (non-hydrogen) atoms. The fourth-order valence-corrected chi connectivity index (χ4v) is 5.48. The van der Waals surface area contributed by atoms with Crippen molar-refractivity contribution in [2.75, 3.05) is 44.3 Å². The highest BCUT2D eigenvalue weighted by Gasteiger charge is 2.36. The van der Waals surface area contributed by atoms with Crippen molar-refractivity contribution in [2.45, 2.75) is 30.2 Å². The number of halogens is 2. The molecule has 3 N–H and O–H groups in total. The van der Waals surface area contributed by atoms with Gasteiger partial charge in [-0.3, -0.25) is 9.59 Å². The molecule has 3 amide bonds. The highest BCUT2D eigenvalue weighted by Crippen LogP contribution is 2.48. The van der Waals surface area contributed by atoms with Gasteiger partial charge in [0.05, 0.1) is 12.0 Å². The average Bonchev–Trinajstić information content (AvgIpc) is 2.78. The van der Waals surface area contributed by atoms with Crippen LogP contribution in [0, 0.1) is 11.6 Å². The molecule has 0 aromatic heterocycles. The van der Waals surface area contributed by atoms with Gasteiger partial charge in [0.25, 0.3) is 5.91 Å². The van der Waals surface area contributed by atoms with Crippen molar-refractivity contribution in [3.8, 4) is 5.75 Å². The van der Waals surface area contributed by atoms with Crippen molar-refractivity contribution in [2.24, 2.45) is 0 Å². The first-order valence-electron chi connectivity index (χ1n) is 11.3. The maximum Gasteiger partial charge on any atom is 0.318 e. The fourth-order valence-electron chi connectivity index (χ4n) is 4.20. The molecule has 0 fully saturated rings. The number of hydrogen-bond acceptors (Lipinski definition) is 4. The molecule has 2 aromatic carbocycles. The Hall–Kier alpha value is -3.34. The summed E-state index contributed by atoms with van der Waals surface area (Å²) in [6, 6.07) is 5.72. The third-order valence-corrected chi connectivity index (χ3v) is 7.42. The molecule has 11 heteroatoms. The normalized spacial score (nSPS) is 15.6. The second-order valence-electron chi connectivity index (χ2n) is 9.24. The van der Waals surface area contributed by atoms with Gasteiger partial charge in [-0.15, -0.1) is 0 Å². The zero-order chi connectivity index (χ0) is 26.6. The standard InChI is InChI=1S/C25H31F2N3O5S/c1-35-17-7-8-18-15(12-17)9-11-30(25(34)28-10-5-6-21(31)32)22(18)24(33)29-16-13-19(26)23(20(27)14-16)36(2,3)4/h7-8,12-14,22H,5-6,9-11H2,1-4H3,(H,28,34)(H,29,33)(H,31,32)/t22-/m1/s1. The summed E-state index contributed by atoms with van der Waals surface area (Å²) in [7, 11) is -0.160. The van der Waals surface area contributed by atoms with Crippen molar-refractivity contribution >= 4 is 33.6 Å². The van der Waals surface area contributed by atoms with Gasteiger partial charge in [0.15, 0.2) is 0 Å². The SMILES string of the molecule is COc1ccc2c(c1)CCN(C(=O)NCCCC(=O)O)[C@H]2C(=O)Nc1cc(F)c(S(C)(C)C)c(F)c1. The van der Waals surface area contributed by atoms with E-state index in [1.165, 1.54) is 12.0 Å². The lowest BCUT2D eigenvalue weighted by atomic mass is 9.91. The number of methoxy groups -OCH3 is 1. The molecule has 0 saturated carbocycles. The minimum atomic E-state index is -1.69. The van der Waals surface area contributed by atoms with Gasteiger partial charge >= 0.3 is 12.0 Å². The molecule has 0 bridgehead atoms. The van der Waals surface area contributed by atoms with E-state index in [1.54, 1.807) is 37.0 Å². The van der Waals surface area contributed by atoms with Crippen LogP contribution in [0.3, 0.4) is 0 Å². The summed E-state index contributed by atoms with van der Waals surface area (Å²) >= 11 is 0. The molecule has 0 saturated heterocycles. The van der Waals surface area contributed by atoms with E-state index < -0.39 is 45.6 Å². The molecule has 0 spiro atoms. The quantitative estimate of drug-likeness (QED) is 0.451. The Labute approximate surface area is 210 Å². The number of carboxylic acids is 1. The fraction of sp³-hybridized carbons (Fsp3) is 0.400. The van der Waals surface area contributed by atoms with Crippen LogP contribution in [0.25, 0.3) is 0 Å². The number of nitrogens with zero attached hydrogens (tertiary/aromatic N) is 1. The number of carboxylic acid groups (broad SMARTS) is 1. The van der Waals surface area contributed by atoms with Gasteiger partial charge < -0.3 is 25.4 Å². The van der Waals surface area contributed by atoms with E-state index in [1.807, 2.05) is 0 Å². The molecule has 1 atom stereocenters. The van der Waals surface area contributed by atoms with Gasteiger partial charge in [-0.25, -0.2) is 23.6 Å². The van der Waals surface area contributed by atoms with Gasteiger partial charge in [-0.05, 0) is 67.0 Å². The Morgan fingerprint density at radius 2 is 1.81 bits per heavy atom. The third kappa shape index (κ3) is 6.26. The maximum absolute atomic E-state index is 14.8. The molecule has 0 unspecified atom stereocenters. The summed E-state index contributed by atoms with van der Waals surface area (Å²) in [4.78, 5) is 38.5. The Balaban J connectivity index is 1.90. The molecule has 1 aliphatic heterocycles. The lowest BCUT2D eigenvalue weighted by molar-refractivity contribution is -0.137. The van der Waals surface area contributed by atoms with E-state index in [9.17, 15) is 23.2 Å². The van der Waals surface area contributed by atoms with Crippen molar-refractivity contribution in [1.29, 1.82) is 0 Å².